The molecule has 0 aliphatic rings. The minimum absolute atomic E-state index is 0. The fourth-order valence-corrected chi connectivity index (χ4v) is 3.14. The molecule has 0 radical (unpaired) electrons. The third-order valence-corrected chi connectivity index (χ3v) is 4.12. The van der Waals surface area contributed by atoms with Crippen molar-refractivity contribution in [1.82, 2.24) is 0 Å². The zero-order valence-electron chi connectivity index (χ0n) is 12.1. The SMILES string of the molecule is CC(C)CP(O)CC(C)C.I.I.[Ru].c1ccccc1. The molecule has 1 aromatic rings. The van der Waals surface area contributed by atoms with Crippen molar-refractivity contribution in [3.8, 4) is 0 Å². The average molecular weight is 597 g/mol. The molecule has 116 valence electrons. The molecule has 0 fully saturated rings. The summed E-state index contributed by atoms with van der Waals surface area (Å²) < 4.78 is 0. The second kappa shape index (κ2) is 19.7. The van der Waals surface area contributed by atoms with Crippen molar-refractivity contribution < 1.29 is 24.4 Å². The van der Waals surface area contributed by atoms with Gasteiger partial charge in [-0.2, -0.15) is 0 Å². The van der Waals surface area contributed by atoms with Crippen molar-refractivity contribution in [3.05, 3.63) is 36.4 Å². The summed E-state index contributed by atoms with van der Waals surface area (Å²) in [6, 6.07) is 12.0. The van der Waals surface area contributed by atoms with E-state index in [2.05, 4.69) is 27.7 Å². The van der Waals surface area contributed by atoms with Gasteiger partial charge in [-0.3, -0.25) is 0 Å². The van der Waals surface area contributed by atoms with Gasteiger partial charge in [-0.05, 0) is 24.2 Å². The van der Waals surface area contributed by atoms with Crippen LogP contribution in [0.4, 0.5) is 0 Å². The first-order chi connectivity index (χ1) is 7.52. The van der Waals surface area contributed by atoms with E-state index in [0.717, 1.165) is 12.3 Å². The van der Waals surface area contributed by atoms with Gasteiger partial charge in [-0.15, -0.1) is 48.0 Å². The predicted molar refractivity (Wildman–Crippen MR) is 106 cm³/mol. The van der Waals surface area contributed by atoms with Crippen LogP contribution >= 0.6 is 56.1 Å². The van der Waals surface area contributed by atoms with Gasteiger partial charge in [-0.25, -0.2) is 0 Å². The van der Waals surface area contributed by atoms with Crippen LogP contribution in [0, 0.1) is 11.8 Å². The van der Waals surface area contributed by atoms with Crippen LogP contribution in [0.1, 0.15) is 27.7 Å². The van der Waals surface area contributed by atoms with Crippen LogP contribution in [0.25, 0.3) is 0 Å². The second-order valence-corrected chi connectivity index (χ2v) is 6.56. The van der Waals surface area contributed by atoms with E-state index in [4.69, 9.17) is 0 Å². The van der Waals surface area contributed by atoms with E-state index in [-0.39, 0.29) is 67.4 Å². The Hall–Kier alpha value is 1.69. The molecule has 0 aliphatic carbocycles. The van der Waals surface area contributed by atoms with E-state index < -0.39 is 8.15 Å². The summed E-state index contributed by atoms with van der Waals surface area (Å²) in [5.41, 5.74) is 0. The molecular formula is C14H27I2OPRu. The van der Waals surface area contributed by atoms with E-state index in [1.54, 1.807) is 0 Å². The molecule has 0 atom stereocenters. The summed E-state index contributed by atoms with van der Waals surface area (Å²) in [6.07, 6.45) is 2.01. The van der Waals surface area contributed by atoms with Crippen LogP contribution in [0.5, 0.6) is 0 Å². The Kier molecular flexibility index (Phi) is 29.9. The van der Waals surface area contributed by atoms with Crippen LogP contribution in [0.3, 0.4) is 0 Å². The number of halogens is 2. The Bertz CT molecular complexity index is 212. The first-order valence-corrected chi connectivity index (χ1v) is 7.62. The van der Waals surface area contributed by atoms with Gasteiger partial charge in [0.25, 0.3) is 0 Å². The maximum absolute atomic E-state index is 9.45. The third-order valence-electron chi connectivity index (χ3n) is 1.82. The van der Waals surface area contributed by atoms with Crippen molar-refractivity contribution in [2.45, 2.75) is 27.7 Å². The number of benzene rings is 1. The molecule has 1 N–H and O–H groups in total. The molecule has 0 aliphatic heterocycles. The molecule has 0 saturated heterocycles. The van der Waals surface area contributed by atoms with Gasteiger partial charge in [0.2, 0.25) is 0 Å². The van der Waals surface area contributed by atoms with Crippen molar-refractivity contribution in [2.24, 2.45) is 11.8 Å². The topological polar surface area (TPSA) is 20.2 Å². The molecule has 0 amide bonds. The largest absolute Gasteiger partial charge is 0.374 e. The van der Waals surface area contributed by atoms with Crippen molar-refractivity contribution in [2.75, 3.05) is 12.3 Å². The molecule has 1 rings (SSSR count). The standard InChI is InChI=1S/C8H19OP.C6H6.2HI.Ru/c1-7(2)5-10(9)6-8(3)4;1-2-4-6-5-3-1;;;/h7-9H,5-6H2,1-4H3;1-6H;2*1H;. The minimum atomic E-state index is -0.659. The van der Waals surface area contributed by atoms with Crippen molar-refractivity contribution >= 4 is 56.1 Å². The molecular weight excluding hydrogens is 570 g/mol. The Balaban J connectivity index is -0.000000110. The summed E-state index contributed by atoms with van der Waals surface area (Å²) in [4.78, 5) is 9.45. The maximum atomic E-state index is 9.45. The second-order valence-electron chi connectivity index (χ2n) is 4.81. The minimum Gasteiger partial charge on any atom is -0.374 e. The van der Waals surface area contributed by atoms with E-state index in [9.17, 15) is 4.89 Å². The summed E-state index contributed by atoms with van der Waals surface area (Å²) in [5.74, 6) is 1.30. The molecule has 19 heavy (non-hydrogen) atoms. The Morgan fingerprint density at radius 2 is 0.947 bits per heavy atom. The van der Waals surface area contributed by atoms with Gasteiger partial charge in [-0.1, -0.05) is 64.1 Å². The summed E-state index contributed by atoms with van der Waals surface area (Å²) >= 11 is 0. The van der Waals surface area contributed by atoms with E-state index in [1.165, 1.54) is 0 Å². The monoisotopic (exact) mass is 598 g/mol. The van der Waals surface area contributed by atoms with Crippen LogP contribution in [0.15, 0.2) is 36.4 Å². The Labute approximate surface area is 167 Å². The van der Waals surface area contributed by atoms with Crippen LogP contribution in [-0.4, -0.2) is 17.2 Å². The first-order valence-electron chi connectivity index (χ1n) is 5.96. The van der Waals surface area contributed by atoms with Crippen LogP contribution < -0.4 is 0 Å². The molecule has 1 aromatic carbocycles. The van der Waals surface area contributed by atoms with Crippen molar-refractivity contribution in [3.63, 3.8) is 0 Å². The predicted octanol–water partition coefficient (Wildman–Crippen LogP) is 5.61. The Morgan fingerprint density at radius 3 is 1.11 bits per heavy atom. The summed E-state index contributed by atoms with van der Waals surface area (Å²) in [5, 5.41) is 0. The number of hydrogen-bond donors (Lipinski definition) is 1. The Morgan fingerprint density at radius 1 is 0.737 bits per heavy atom. The van der Waals surface area contributed by atoms with Gasteiger partial charge in [0.05, 0.1) is 0 Å². The molecule has 0 aromatic heterocycles. The molecule has 0 unspecified atom stereocenters. The first kappa shape index (κ1) is 28.8. The summed E-state index contributed by atoms with van der Waals surface area (Å²) in [6.45, 7) is 8.63. The molecule has 0 heterocycles. The van der Waals surface area contributed by atoms with Gasteiger partial charge >= 0.3 is 0 Å². The zero-order valence-corrected chi connectivity index (χ0v) is 19.4. The van der Waals surface area contributed by atoms with Crippen LogP contribution in [-0.2, 0) is 19.5 Å². The molecule has 0 saturated carbocycles. The summed E-state index contributed by atoms with van der Waals surface area (Å²) in [7, 11) is -0.659. The zero-order chi connectivity index (χ0) is 12.4. The smallest absolute Gasteiger partial charge is 0.0256 e. The van der Waals surface area contributed by atoms with E-state index in [0.29, 0.717) is 11.8 Å². The number of rotatable bonds is 4. The van der Waals surface area contributed by atoms with Crippen molar-refractivity contribution in [1.29, 1.82) is 0 Å². The molecule has 5 heteroatoms. The van der Waals surface area contributed by atoms with E-state index in [1.807, 2.05) is 36.4 Å². The normalized spacial score (nSPS) is 8.84. The average Bonchev–Trinajstić information content (AvgIpc) is 2.18. The molecule has 1 nitrogen and oxygen atoms in total. The number of hydrogen-bond acceptors (Lipinski definition) is 1. The van der Waals surface area contributed by atoms with Crippen LogP contribution in [0.2, 0.25) is 0 Å². The van der Waals surface area contributed by atoms with Gasteiger partial charge in [0.15, 0.2) is 0 Å². The molecule has 0 spiro atoms. The maximum Gasteiger partial charge on any atom is 0.0256 e. The third kappa shape index (κ3) is 25.0. The van der Waals surface area contributed by atoms with Gasteiger partial charge < -0.3 is 4.89 Å². The van der Waals surface area contributed by atoms with Gasteiger partial charge in [0.1, 0.15) is 0 Å². The molecule has 0 bridgehead atoms. The van der Waals surface area contributed by atoms with E-state index >= 15 is 0 Å². The van der Waals surface area contributed by atoms with Gasteiger partial charge in [0, 0.05) is 27.6 Å². The quantitative estimate of drug-likeness (QED) is 0.272. The fourth-order valence-electron chi connectivity index (χ4n) is 1.30. The fraction of sp³-hybridized carbons (Fsp3) is 0.571.